The number of ether oxygens (including phenoxy) is 3. The van der Waals surface area contributed by atoms with E-state index in [1.165, 1.54) is 11.8 Å². The maximum Gasteiger partial charge on any atom is 0.336 e. The van der Waals surface area contributed by atoms with Crippen molar-refractivity contribution in [1.82, 2.24) is 10.6 Å². The van der Waals surface area contributed by atoms with Crippen LogP contribution in [-0.2, 0) is 32.2 Å². The van der Waals surface area contributed by atoms with Gasteiger partial charge in [0.15, 0.2) is 6.29 Å². The van der Waals surface area contributed by atoms with Crippen molar-refractivity contribution in [3.63, 3.8) is 0 Å². The van der Waals surface area contributed by atoms with Crippen LogP contribution in [0.25, 0.3) is 0 Å². The highest BCUT2D eigenvalue weighted by Gasteiger charge is 2.38. The Labute approximate surface area is 254 Å². The van der Waals surface area contributed by atoms with E-state index in [1.54, 1.807) is 25.1 Å². The molecule has 0 spiro atoms. The van der Waals surface area contributed by atoms with Gasteiger partial charge in [-0.1, -0.05) is 67.6 Å². The molecule has 1 aliphatic heterocycles. The topological polar surface area (TPSA) is 143 Å². The molecular weight excluding hydrogens is 572 g/mol. The van der Waals surface area contributed by atoms with Crippen LogP contribution in [0.4, 0.5) is 4.79 Å². The molecule has 0 saturated carbocycles. The minimum atomic E-state index is -0.977. The summed E-state index contributed by atoms with van der Waals surface area (Å²) in [5.41, 5.74) is 3.64. The summed E-state index contributed by atoms with van der Waals surface area (Å²) < 4.78 is 17.7. The smallest absolute Gasteiger partial charge is 0.336 e. The van der Waals surface area contributed by atoms with Gasteiger partial charge in [0, 0.05) is 28.7 Å². The first kappa shape index (κ1) is 32.0. The molecule has 4 unspecified atom stereocenters. The minimum Gasteiger partial charge on any atom is -0.478 e. The number of urea groups is 1. The monoisotopic (exact) mass is 608 g/mol. The van der Waals surface area contributed by atoms with E-state index in [2.05, 4.69) is 17.6 Å². The number of esters is 1. The number of carbonyl (C=O) groups excluding carboxylic acids is 2. The number of carboxylic acid groups (broad SMARTS) is 1. The highest BCUT2D eigenvalue weighted by molar-refractivity contribution is 7.99. The van der Waals surface area contributed by atoms with Gasteiger partial charge in [-0.05, 0) is 35.7 Å². The first-order valence-corrected chi connectivity index (χ1v) is 15.0. The predicted molar refractivity (Wildman–Crippen MR) is 160 cm³/mol. The zero-order chi connectivity index (χ0) is 30.8. The number of aliphatic hydroxyl groups excluding tert-OH is 1. The number of aromatic carboxylic acids is 1. The molecule has 1 aliphatic rings. The molecule has 2 amide bonds. The molecule has 11 heteroatoms. The number of nitrogens with one attached hydrogen (secondary N) is 2. The maximum absolute atomic E-state index is 12.0. The molecule has 0 aromatic heterocycles. The fourth-order valence-electron chi connectivity index (χ4n) is 4.65. The molecule has 1 heterocycles. The summed E-state index contributed by atoms with van der Waals surface area (Å²) in [7, 11) is 0. The van der Waals surface area contributed by atoms with E-state index < -0.39 is 24.3 Å². The lowest BCUT2D eigenvalue weighted by atomic mass is 9.91. The van der Waals surface area contributed by atoms with E-state index in [4.69, 9.17) is 14.2 Å². The Morgan fingerprint density at radius 1 is 0.907 bits per heavy atom. The van der Waals surface area contributed by atoms with Crippen molar-refractivity contribution in [1.29, 1.82) is 0 Å². The van der Waals surface area contributed by atoms with Crippen LogP contribution in [0.3, 0.4) is 0 Å². The quantitative estimate of drug-likeness (QED) is 0.168. The van der Waals surface area contributed by atoms with Gasteiger partial charge in [0.1, 0.15) is 6.54 Å². The minimum absolute atomic E-state index is 0.0520. The molecule has 4 rings (SSSR count). The Hall–Kier alpha value is -3.90. The lowest BCUT2D eigenvalue weighted by Gasteiger charge is -2.41. The lowest BCUT2D eigenvalue weighted by molar-refractivity contribution is -0.268. The molecule has 1 saturated heterocycles. The van der Waals surface area contributed by atoms with E-state index in [0.29, 0.717) is 10.6 Å². The second kappa shape index (κ2) is 15.5. The number of amides is 2. The fourth-order valence-corrected chi connectivity index (χ4v) is 5.86. The molecule has 1 fully saturated rings. The third-order valence-corrected chi connectivity index (χ3v) is 8.21. The van der Waals surface area contributed by atoms with Crippen LogP contribution >= 0.6 is 11.8 Å². The Balaban J connectivity index is 1.46. The van der Waals surface area contributed by atoms with Crippen LogP contribution in [0.15, 0.2) is 77.7 Å². The van der Waals surface area contributed by atoms with Crippen LogP contribution in [0.1, 0.15) is 58.9 Å². The van der Waals surface area contributed by atoms with Gasteiger partial charge in [0.2, 0.25) is 0 Å². The number of carbonyl (C=O) groups is 3. The highest BCUT2D eigenvalue weighted by Crippen LogP contribution is 2.43. The van der Waals surface area contributed by atoms with Gasteiger partial charge in [-0.15, -0.1) is 11.8 Å². The molecular formula is C32H36N2O8S. The van der Waals surface area contributed by atoms with Crippen LogP contribution in [0.5, 0.6) is 0 Å². The summed E-state index contributed by atoms with van der Waals surface area (Å²) in [6.07, 6.45) is -1.26. The number of hydrogen-bond donors (Lipinski definition) is 4. The van der Waals surface area contributed by atoms with Gasteiger partial charge in [0.25, 0.3) is 0 Å². The number of aliphatic hydroxyl groups is 1. The van der Waals surface area contributed by atoms with Gasteiger partial charge in [-0.2, -0.15) is 0 Å². The Morgan fingerprint density at radius 3 is 2.26 bits per heavy atom. The number of hydrogen-bond acceptors (Lipinski definition) is 8. The van der Waals surface area contributed by atoms with Crippen molar-refractivity contribution in [2.45, 2.75) is 50.4 Å². The zero-order valence-electron chi connectivity index (χ0n) is 24.0. The molecule has 43 heavy (non-hydrogen) atoms. The van der Waals surface area contributed by atoms with Crippen LogP contribution in [0, 0.1) is 5.92 Å². The van der Waals surface area contributed by atoms with Crippen molar-refractivity contribution in [3.8, 4) is 0 Å². The SMILES string of the molecule is CCOC(=O)CNC(=O)NCc1ccc(C2OC(CSc3ccccc3C(=O)O)C(C)C(c3ccc(CO)cc3)O2)cc1. The molecule has 10 nitrogen and oxygen atoms in total. The Morgan fingerprint density at radius 2 is 1.58 bits per heavy atom. The number of thioether (sulfide) groups is 1. The van der Waals surface area contributed by atoms with Crippen LogP contribution in [0.2, 0.25) is 0 Å². The first-order valence-electron chi connectivity index (χ1n) is 14.0. The van der Waals surface area contributed by atoms with Gasteiger partial charge in [0.05, 0.1) is 31.0 Å². The molecule has 0 bridgehead atoms. The highest BCUT2D eigenvalue weighted by atomic mass is 32.2. The molecule has 4 N–H and O–H groups in total. The van der Waals surface area contributed by atoms with Crippen LogP contribution < -0.4 is 10.6 Å². The summed E-state index contributed by atoms with van der Waals surface area (Å²) in [6, 6.07) is 21.5. The molecule has 0 aliphatic carbocycles. The summed E-state index contributed by atoms with van der Waals surface area (Å²) in [5, 5.41) is 24.3. The van der Waals surface area contributed by atoms with Crippen molar-refractivity contribution < 1.29 is 38.8 Å². The second-order valence-corrected chi connectivity index (χ2v) is 11.1. The van der Waals surface area contributed by atoms with Crippen LogP contribution in [-0.4, -0.2) is 53.2 Å². The number of benzene rings is 3. The number of carboxylic acids is 1. The molecule has 3 aromatic rings. The van der Waals surface area contributed by atoms with E-state index >= 15 is 0 Å². The lowest BCUT2D eigenvalue weighted by Crippen LogP contribution is -2.39. The van der Waals surface area contributed by atoms with Crippen molar-refractivity contribution in [2.75, 3.05) is 18.9 Å². The van der Waals surface area contributed by atoms with Crippen molar-refractivity contribution in [3.05, 3.63) is 101 Å². The molecule has 4 atom stereocenters. The summed E-state index contributed by atoms with van der Waals surface area (Å²) in [6.45, 7) is 3.98. The summed E-state index contributed by atoms with van der Waals surface area (Å²) in [4.78, 5) is 35.8. The van der Waals surface area contributed by atoms with Gasteiger partial charge < -0.3 is 35.1 Å². The van der Waals surface area contributed by atoms with E-state index in [0.717, 1.165) is 22.3 Å². The van der Waals surface area contributed by atoms with E-state index in [1.807, 2.05) is 54.6 Å². The average Bonchev–Trinajstić information content (AvgIpc) is 3.03. The summed E-state index contributed by atoms with van der Waals surface area (Å²) >= 11 is 1.44. The van der Waals surface area contributed by atoms with Gasteiger partial charge in [-0.3, -0.25) is 4.79 Å². The largest absolute Gasteiger partial charge is 0.478 e. The molecule has 3 aromatic carbocycles. The maximum atomic E-state index is 12.0. The average molecular weight is 609 g/mol. The fraction of sp³-hybridized carbons (Fsp3) is 0.344. The van der Waals surface area contributed by atoms with Crippen molar-refractivity contribution in [2.24, 2.45) is 5.92 Å². The Kier molecular flexibility index (Phi) is 11.6. The van der Waals surface area contributed by atoms with E-state index in [-0.39, 0.29) is 50.0 Å². The normalized spacial score (nSPS) is 19.8. The van der Waals surface area contributed by atoms with E-state index in [9.17, 15) is 24.6 Å². The zero-order valence-corrected chi connectivity index (χ0v) is 24.8. The second-order valence-electron chi connectivity index (χ2n) is 10.0. The standard InChI is InChI=1S/C32H36N2O8S/c1-3-40-28(36)17-34-32(39)33-16-21-8-14-24(15-9-21)31-41-26(19-43-27-7-5-4-6-25(27)30(37)38)20(2)29(42-31)23-12-10-22(18-35)11-13-23/h4-15,20,26,29,31,35H,3,16-19H2,1-2H3,(H,37,38)(H2,33,34,39). The third-order valence-electron chi connectivity index (χ3n) is 7.05. The number of rotatable bonds is 12. The third kappa shape index (κ3) is 8.80. The predicted octanol–water partition coefficient (Wildman–Crippen LogP) is 4.82. The molecule has 0 radical (unpaired) electrons. The Bertz CT molecular complexity index is 1380. The molecule has 228 valence electrons. The van der Waals surface area contributed by atoms with Gasteiger partial charge in [-0.25, -0.2) is 9.59 Å². The summed E-state index contributed by atoms with van der Waals surface area (Å²) in [5.74, 6) is -1.03. The van der Waals surface area contributed by atoms with Gasteiger partial charge >= 0.3 is 18.0 Å². The van der Waals surface area contributed by atoms with Crippen molar-refractivity contribution >= 4 is 29.7 Å². The first-order chi connectivity index (χ1) is 20.8.